The standard InChI is InChI=1S/C20H16ClN5O3/c1-12-23-16-9-5-3-7-14(16)20(28)26(12)11-17-24-19(29-25-17)18(27)22-10-13-6-2-4-8-15(13)21/h2-9H,10-11H2,1H3,(H,22,27). The number of hydrogen-bond acceptors (Lipinski definition) is 6. The fourth-order valence-corrected chi connectivity index (χ4v) is 3.11. The third-order valence-electron chi connectivity index (χ3n) is 4.41. The number of carbonyl (C=O) groups excluding carboxylic acids is 1. The second kappa shape index (κ2) is 7.84. The number of aryl methyl sites for hydroxylation is 1. The normalized spacial score (nSPS) is 11.0. The molecule has 2 aromatic carbocycles. The maximum absolute atomic E-state index is 12.7. The zero-order chi connectivity index (χ0) is 20.4. The quantitative estimate of drug-likeness (QED) is 0.543. The van der Waals surface area contributed by atoms with Gasteiger partial charge in [0.15, 0.2) is 5.82 Å². The molecule has 9 heteroatoms. The van der Waals surface area contributed by atoms with E-state index in [-0.39, 0.29) is 30.4 Å². The Balaban J connectivity index is 1.51. The highest BCUT2D eigenvalue weighted by Crippen LogP contribution is 2.14. The third kappa shape index (κ3) is 3.88. The van der Waals surface area contributed by atoms with E-state index in [4.69, 9.17) is 16.1 Å². The van der Waals surface area contributed by atoms with Gasteiger partial charge in [-0.25, -0.2) is 4.98 Å². The molecule has 0 fully saturated rings. The number of rotatable bonds is 5. The Labute approximate surface area is 170 Å². The van der Waals surface area contributed by atoms with Gasteiger partial charge in [-0.15, -0.1) is 0 Å². The van der Waals surface area contributed by atoms with Crippen LogP contribution in [0.5, 0.6) is 0 Å². The second-order valence-corrected chi connectivity index (χ2v) is 6.76. The molecule has 8 nitrogen and oxygen atoms in total. The van der Waals surface area contributed by atoms with Gasteiger partial charge in [0.25, 0.3) is 5.56 Å². The van der Waals surface area contributed by atoms with E-state index in [1.54, 1.807) is 31.2 Å². The molecule has 1 amide bonds. The monoisotopic (exact) mass is 409 g/mol. The van der Waals surface area contributed by atoms with E-state index in [2.05, 4.69) is 20.4 Å². The summed E-state index contributed by atoms with van der Waals surface area (Å²) in [6.07, 6.45) is 0. The minimum absolute atomic E-state index is 0.0454. The smallest absolute Gasteiger partial charge is 0.316 e. The van der Waals surface area contributed by atoms with E-state index in [1.807, 2.05) is 24.3 Å². The van der Waals surface area contributed by atoms with Crippen LogP contribution in [-0.2, 0) is 13.1 Å². The summed E-state index contributed by atoms with van der Waals surface area (Å²) in [4.78, 5) is 33.5. The molecule has 1 N–H and O–H groups in total. The average molecular weight is 410 g/mol. The zero-order valence-corrected chi connectivity index (χ0v) is 16.2. The van der Waals surface area contributed by atoms with Crippen LogP contribution in [0.4, 0.5) is 0 Å². The lowest BCUT2D eigenvalue weighted by atomic mass is 10.2. The molecular formula is C20H16ClN5O3. The molecule has 0 atom stereocenters. The lowest BCUT2D eigenvalue weighted by Crippen LogP contribution is -2.25. The predicted octanol–water partition coefficient (Wildman–Crippen LogP) is 2.72. The molecule has 0 aliphatic heterocycles. The minimum Gasteiger partial charge on any atom is -0.344 e. The summed E-state index contributed by atoms with van der Waals surface area (Å²) < 4.78 is 6.49. The number of benzene rings is 2. The Bertz CT molecular complexity index is 1260. The Morgan fingerprint density at radius 2 is 1.90 bits per heavy atom. The van der Waals surface area contributed by atoms with Gasteiger partial charge in [0.05, 0.1) is 17.4 Å². The van der Waals surface area contributed by atoms with Crippen molar-refractivity contribution in [3.63, 3.8) is 0 Å². The van der Waals surface area contributed by atoms with Gasteiger partial charge in [-0.2, -0.15) is 4.98 Å². The van der Waals surface area contributed by atoms with Crippen molar-refractivity contribution in [1.29, 1.82) is 0 Å². The summed E-state index contributed by atoms with van der Waals surface area (Å²) in [6.45, 7) is 2.00. The average Bonchev–Trinajstić information content (AvgIpc) is 3.19. The molecule has 0 spiro atoms. The van der Waals surface area contributed by atoms with E-state index in [0.717, 1.165) is 5.56 Å². The second-order valence-electron chi connectivity index (χ2n) is 6.36. The number of fused-ring (bicyclic) bond motifs is 1. The summed E-state index contributed by atoms with van der Waals surface area (Å²) in [7, 11) is 0. The fraction of sp³-hybridized carbons (Fsp3) is 0.150. The number of nitrogens with one attached hydrogen (secondary N) is 1. The van der Waals surface area contributed by atoms with Crippen molar-refractivity contribution in [1.82, 2.24) is 25.0 Å². The highest BCUT2D eigenvalue weighted by atomic mass is 35.5. The number of carbonyl (C=O) groups is 1. The third-order valence-corrected chi connectivity index (χ3v) is 4.78. The predicted molar refractivity (Wildman–Crippen MR) is 107 cm³/mol. The summed E-state index contributed by atoms with van der Waals surface area (Å²) in [5.74, 6) is 0.00859. The molecule has 0 saturated carbocycles. The van der Waals surface area contributed by atoms with E-state index >= 15 is 0 Å². The summed E-state index contributed by atoms with van der Waals surface area (Å²) in [5, 5.41) is 7.54. The van der Waals surface area contributed by atoms with Crippen LogP contribution in [0.2, 0.25) is 5.02 Å². The fourth-order valence-electron chi connectivity index (χ4n) is 2.91. The Morgan fingerprint density at radius 3 is 2.72 bits per heavy atom. The number of hydrogen-bond donors (Lipinski definition) is 1. The van der Waals surface area contributed by atoms with Gasteiger partial charge in [-0.1, -0.05) is 47.1 Å². The Morgan fingerprint density at radius 1 is 1.14 bits per heavy atom. The van der Waals surface area contributed by atoms with Gasteiger partial charge in [0.1, 0.15) is 5.82 Å². The van der Waals surface area contributed by atoms with Gasteiger partial charge >= 0.3 is 11.8 Å². The Kier molecular flexibility index (Phi) is 5.09. The number of amides is 1. The SMILES string of the molecule is Cc1nc2ccccc2c(=O)n1Cc1noc(C(=O)NCc2ccccc2Cl)n1. The van der Waals surface area contributed by atoms with Crippen molar-refractivity contribution < 1.29 is 9.32 Å². The molecule has 0 aliphatic carbocycles. The first kappa shape index (κ1) is 18.8. The molecule has 2 heterocycles. The lowest BCUT2D eigenvalue weighted by molar-refractivity contribution is 0.0907. The van der Waals surface area contributed by atoms with Gasteiger partial charge in [-0.05, 0) is 30.7 Å². The lowest BCUT2D eigenvalue weighted by Gasteiger charge is -2.08. The number of para-hydroxylation sites is 1. The molecule has 4 rings (SSSR count). The van der Waals surface area contributed by atoms with Gasteiger partial charge < -0.3 is 9.84 Å². The first-order valence-electron chi connectivity index (χ1n) is 8.83. The van der Waals surface area contributed by atoms with Crippen LogP contribution in [0.3, 0.4) is 0 Å². The van der Waals surface area contributed by atoms with Crippen molar-refractivity contribution in [2.45, 2.75) is 20.0 Å². The van der Waals surface area contributed by atoms with E-state index in [0.29, 0.717) is 21.7 Å². The molecule has 4 aromatic rings. The maximum atomic E-state index is 12.7. The molecule has 0 saturated heterocycles. The summed E-state index contributed by atoms with van der Waals surface area (Å²) in [6, 6.07) is 14.3. The van der Waals surface area contributed by atoms with Crippen LogP contribution in [0.25, 0.3) is 10.9 Å². The molecule has 146 valence electrons. The summed E-state index contributed by atoms with van der Waals surface area (Å²) >= 11 is 6.08. The van der Waals surface area contributed by atoms with Gasteiger partial charge in [0, 0.05) is 11.6 Å². The van der Waals surface area contributed by atoms with Crippen molar-refractivity contribution in [3.05, 3.63) is 87.0 Å². The first-order valence-corrected chi connectivity index (χ1v) is 9.21. The van der Waals surface area contributed by atoms with E-state index in [1.165, 1.54) is 4.57 Å². The molecule has 29 heavy (non-hydrogen) atoms. The van der Waals surface area contributed by atoms with E-state index in [9.17, 15) is 9.59 Å². The van der Waals surface area contributed by atoms with Crippen LogP contribution in [-0.4, -0.2) is 25.6 Å². The highest BCUT2D eigenvalue weighted by Gasteiger charge is 2.17. The minimum atomic E-state index is -0.524. The number of aromatic nitrogens is 4. The Hall–Kier alpha value is -3.52. The molecular weight excluding hydrogens is 394 g/mol. The van der Waals surface area contributed by atoms with Crippen LogP contribution >= 0.6 is 11.6 Å². The van der Waals surface area contributed by atoms with Crippen molar-refractivity contribution >= 4 is 28.4 Å². The van der Waals surface area contributed by atoms with Crippen LogP contribution < -0.4 is 10.9 Å². The molecule has 0 radical (unpaired) electrons. The first-order chi connectivity index (χ1) is 14.0. The van der Waals surface area contributed by atoms with Crippen LogP contribution in [0, 0.1) is 6.92 Å². The summed E-state index contributed by atoms with van der Waals surface area (Å²) in [5.41, 5.74) is 1.19. The number of nitrogens with zero attached hydrogens (tertiary/aromatic N) is 4. The topological polar surface area (TPSA) is 103 Å². The van der Waals surface area contributed by atoms with Crippen molar-refractivity contribution in [2.24, 2.45) is 0 Å². The van der Waals surface area contributed by atoms with Gasteiger partial charge in [0.2, 0.25) is 0 Å². The zero-order valence-electron chi connectivity index (χ0n) is 15.4. The molecule has 0 bridgehead atoms. The van der Waals surface area contributed by atoms with E-state index < -0.39 is 5.91 Å². The highest BCUT2D eigenvalue weighted by molar-refractivity contribution is 6.31. The van der Waals surface area contributed by atoms with Crippen LogP contribution in [0.1, 0.15) is 27.9 Å². The molecule has 2 aromatic heterocycles. The molecule has 0 aliphatic rings. The van der Waals surface area contributed by atoms with Gasteiger partial charge in [-0.3, -0.25) is 14.2 Å². The van der Waals surface area contributed by atoms with Crippen molar-refractivity contribution in [2.75, 3.05) is 0 Å². The largest absolute Gasteiger partial charge is 0.344 e. The maximum Gasteiger partial charge on any atom is 0.316 e. The number of halogens is 1. The van der Waals surface area contributed by atoms with Crippen LogP contribution in [0.15, 0.2) is 57.8 Å². The van der Waals surface area contributed by atoms with Crippen molar-refractivity contribution in [3.8, 4) is 0 Å². The molecule has 0 unspecified atom stereocenters.